The van der Waals surface area contributed by atoms with Gasteiger partial charge in [0.05, 0.1) is 30.4 Å². The molecule has 1 amide bonds. The number of carbonyl (C=O) groups excluding carboxylic acids is 1. The van der Waals surface area contributed by atoms with E-state index in [1.807, 2.05) is 36.4 Å². The summed E-state index contributed by atoms with van der Waals surface area (Å²) in [5, 5.41) is 0. The van der Waals surface area contributed by atoms with Crippen LogP contribution in [-0.2, 0) is 11.2 Å². The van der Waals surface area contributed by atoms with E-state index < -0.39 is 0 Å². The predicted octanol–water partition coefficient (Wildman–Crippen LogP) is 3.48. The summed E-state index contributed by atoms with van der Waals surface area (Å²) in [7, 11) is 1.60. The first-order chi connectivity index (χ1) is 16.6. The second kappa shape index (κ2) is 9.72. The lowest BCUT2D eigenvalue weighted by Gasteiger charge is -2.21. The number of methoxy groups -OCH3 is 1. The zero-order valence-corrected chi connectivity index (χ0v) is 19.1. The largest absolute Gasteiger partial charge is 0.486 e. The molecule has 0 saturated carbocycles. The molecule has 34 heavy (non-hydrogen) atoms. The zero-order valence-electron chi connectivity index (χ0n) is 19.1. The number of hydrogen-bond donors (Lipinski definition) is 1. The van der Waals surface area contributed by atoms with Gasteiger partial charge in [0, 0.05) is 24.4 Å². The van der Waals surface area contributed by atoms with E-state index in [0.717, 1.165) is 41.5 Å². The summed E-state index contributed by atoms with van der Waals surface area (Å²) >= 11 is 0. The first-order valence-electron chi connectivity index (χ1n) is 11.5. The number of pyridine rings is 2. The number of aryl methyl sites for hydroxylation is 1. The summed E-state index contributed by atoms with van der Waals surface area (Å²) in [5.41, 5.74) is 9.93. The highest BCUT2D eigenvalue weighted by Crippen LogP contribution is 2.35. The van der Waals surface area contributed by atoms with Gasteiger partial charge in [-0.25, -0.2) is 9.78 Å². The van der Waals surface area contributed by atoms with E-state index in [1.54, 1.807) is 18.2 Å². The Bertz CT molecular complexity index is 1190. The van der Waals surface area contributed by atoms with Crippen LogP contribution in [0.1, 0.15) is 24.8 Å². The molecule has 4 heterocycles. The molecular formula is C25H28N4O5. The van der Waals surface area contributed by atoms with E-state index in [2.05, 4.69) is 9.97 Å². The SMILES string of the molecule is COc1ccc2nccc(CC[C@@H](N)CC[C@@H]3CN(c4ccc5c(c4)OCCO5)C(=O)O3)c2n1. The van der Waals surface area contributed by atoms with Gasteiger partial charge in [-0.2, -0.15) is 0 Å². The van der Waals surface area contributed by atoms with E-state index >= 15 is 0 Å². The third-order valence-corrected chi connectivity index (χ3v) is 6.21. The number of benzene rings is 1. The van der Waals surface area contributed by atoms with Gasteiger partial charge in [0.25, 0.3) is 0 Å². The zero-order chi connectivity index (χ0) is 23.5. The highest BCUT2D eigenvalue weighted by molar-refractivity contribution is 5.90. The van der Waals surface area contributed by atoms with Gasteiger partial charge in [-0.05, 0) is 55.5 Å². The molecule has 5 rings (SSSR count). The van der Waals surface area contributed by atoms with Gasteiger partial charge in [-0.3, -0.25) is 9.88 Å². The molecule has 2 aliphatic heterocycles. The smallest absolute Gasteiger partial charge is 0.414 e. The van der Waals surface area contributed by atoms with Crippen molar-refractivity contribution in [1.82, 2.24) is 9.97 Å². The van der Waals surface area contributed by atoms with Crippen molar-refractivity contribution in [3.8, 4) is 17.4 Å². The molecule has 9 nitrogen and oxygen atoms in total. The Labute approximate surface area is 197 Å². The van der Waals surface area contributed by atoms with Gasteiger partial charge in [0.1, 0.15) is 19.3 Å². The monoisotopic (exact) mass is 464 g/mol. The van der Waals surface area contributed by atoms with Crippen molar-refractivity contribution in [2.24, 2.45) is 5.73 Å². The highest BCUT2D eigenvalue weighted by atomic mass is 16.6. The van der Waals surface area contributed by atoms with Crippen molar-refractivity contribution in [3.05, 3.63) is 48.2 Å². The minimum absolute atomic E-state index is 0.0177. The number of fused-ring (bicyclic) bond motifs is 2. The molecule has 1 saturated heterocycles. The summed E-state index contributed by atoms with van der Waals surface area (Å²) in [4.78, 5) is 23.0. The van der Waals surface area contributed by atoms with Crippen molar-refractivity contribution >= 4 is 22.8 Å². The van der Waals surface area contributed by atoms with Gasteiger partial charge in [0.15, 0.2) is 11.5 Å². The van der Waals surface area contributed by atoms with Crippen molar-refractivity contribution in [3.63, 3.8) is 0 Å². The van der Waals surface area contributed by atoms with Crippen molar-refractivity contribution in [2.45, 2.75) is 37.8 Å². The Morgan fingerprint density at radius 3 is 2.85 bits per heavy atom. The first-order valence-corrected chi connectivity index (χ1v) is 11.5. The average molecular weight is 465 g/mol. The second-order valence-electron chi connectivity index (χ2n) is 8.51. The number of rotatable bonds is 8. The normalized spacial score (nSPS) is 18.1. The van der Waals surface area contributed by atoms with Gasteiger partial charge >= 0.3 is 6.09 Å². The minimum Gasteiger partial charge on any atom is -0.486 e. The van der Waals surface area contributed by atoms with E-state index in [-0.39, 0.29) is 18.2 Å². The molecule has 3 aromatic rings. The number of ether oxygens (including phenoxy) is 4. The number of carbonyl (C=O) groups is 1. The number of hydrogen-bond acceptors (Lipinski definition) is 8. The van der Waals surface area contributed by atoms with Crippen molar-refractivity contribution < 1.29 is 23.7 Å². The fourth-order valence-corrected chi connectivity index (χ4v) is 4.34. The quantitative estimate of drug-likeness (QED) is 0.540. The summed E-state index contributed by atoms with van der Waals surface area (Å²) in [5.74, 6) is 1.91. The number of cyclic esters (lactones) is 1. The molecule has 1 aromatic carbocycles. The summed E-state index contributed by atoms with van der Waals surface area (Å²) in [6, 6.07) is 11.2. The maximum atomic E-state index is 12.5. The van der Waals surface area contributed by atoms with Crippen LogP contribution in [0.25, 0.3) is 11.0 Å². The Balaban J connectivity index is 1.15. The Kier molecular flexibility index (Phi) is 6.35. The van der Waals surface area contributed by atoms with E-state index in [9.17, 15) is 4.79 Å². The standard InChI is InChI=1S/C25H28N4O5/c1-31-23-9-7-20-24(28-23)16(10-11-27-20)2-3-17(26)4-6-19-15-29(25(30)34-19)18-5-8-21-22(14-18)33-13-12-32-21/h5,7-11,14,17,19H,2-4,6,12-13,15,26H2,1H3/t17-,19-/m1/s1. The Hall–Kier alpha value is -3.59. The molecule has 0 bridgehead atoms. The summed E-state index contributed by atoms with van der Waals surface area (Å²) in [6.45, 7) is 1.52. The maximum Gasteiger partial charge on any atom is 0.414 e. The van der Waals surface area contributed by atoms with Crippen LogP contribution in [0, 0.1) is 0 Å². The second-order valence-corrected chi connectivity index (χ2v) is 8.51. The molecule has 0 radical (unpaired) electrons. The molecule has 0 aliphatic carbocycles. The summed E-state index contributed by atoms with van der Waals surface area (Å²) < 4.78 is 22.0. The van der Waals surface area contributed by atoms with Gasteiger partial charge in [-0.15, -0.1) is 0 Å². The molecule has 1 fully saturated rings. The van der Waals surface area contributed by atoms with Crippen LogP contribution < -0.4 is 24.8 Å². The van der Waals surface area contributed by atoms with Gasteiger partial charge in [-0.1, -0.05) is 0 Å². The highest BCUT2D eigenvalue weighted by Gasteiger charge is 2.33. The lowest BCUT2D eigenvalue weighted by Crippen LogP contribution is -2.26. The van der Waals surface area contributed by atoms with Crippen LogP contribution in [0.3, 0.4) is 0 Å². The molecule has 9 heteroatoms. The number of aromatic nitrogens is 2. The molecular weight excluding hydrogens is 436 g/mol. The third kappa shape index (κ3) is 4.70. The van der Waals surface area contributed by atoms with Crippen LogP contribution in [0.5, 0.6) is 17.4 Å². The van der Waals surface area contributed by atoms with E-state index in [4.69, 9.17) is 24.7 Å². The average Bonchev–Trinajstić information content (AvgIpc) is 3.25. The maximum absolute atomic E-state index is 12.5. The van der Waals surface area contributed by atoms with Gasteiger partial charge in [0.2, 0.25) is 5.88 Å². The molecule has 2 atom stereocenters. The number of nitrogens with zero attached hydrogens (tertiary/aromatic N) is 3. The fraction of sp³-hybridized carbons (Fsp3) is 0.400. The minimum atomic E-state index is -0.349. The van der Waals surface area contributed by atoms with Crippen LogP contribution in [-0.4, -0.2) is 55.1 Å². The number of nitrogens with two attached hydrogens (primary N) is 1. The van der Waals surface area contributed by atoms with Crippen LogP contribution in [0.2, 0.25) is 0 Å². The van der Waals surface area contributed by atoms with Crippen molar-refractivity contribution in [2.75, 3.05) is 31.8 Å². The number of anilines is 1. The molecule has 2 N–H and O–H groups in total. The van der Waals surface area contributed by atoms with Crippen LogP contribution >= 0.6 is 0 Å². The molecule has 0 unspecified atom stereocenters. The van der Waals surface area contributed by atoms with Crippen molar-refractivity contribution in [1.29, 1.82) is 0 Å². The molecule has 0 spiro atoms. The fourth-order valence-electron chi connectivity index (χ4n) is 4.34. The molecule has 178 valence electrons. The lowest BCUT2D eigenvalue weighted by atomic mass is 10.0. The van der Waals surface area contributed by atoms with Crippen LogP contribution in [0.4, 0.5) is 10.5 Å². The van der Waals surface area contributed by atoms with E-state index in [1.165, 1.54) is 0 Å². The molecule has 2 aliphatic rings. The predicted molar refractivity (Wildman–Crippen MR) is 127 cm³/mol. The lowest BCUT2D eigenvalue weighted by molar-refractivity contribution is 0.134. The third-order valence-electron chi connectivity index (χ3n) is 6.21. The topological polar surface area (TPSA) is 109 Å². The van der Waals surface area contributed by atoms with E-state index in [0.29, 0.717) is 43.6 Å². The number of amides is 1. The van der Waals surface area contributed by atoms with Gasteiger partial charge < -0.3 is 24.7 Å². The summed E-state index contributed by atoms with van der Waals surface area (Å²) in [6.07, 6.45) is 4.29. The Morgan fingerprint density at radius 1 is 1.15 bits per heavy atom. The first kappa shape index (κ1) is 22.2. The Morgan fingerprint density at radius 2 is 2.00 bits per heavy atom. The van der Waals surface area contributed by atoms with Crippen LogP contribution in [0.15, 0.2) is 42.6 Å². The molecule has 2 aromatic heterocycles.